The van der Waals surface area contributed by atoms with Crippen LogP contribution in [0.15, 0.2) is 18.2 Å². The van der Waals surface area contributed by atoms with E-state index >= 15 is 0 Å². The molecule has 0 spiro atoms. The number of rotatable bonds is 3. The molecule has 3 nitrogen and oxygen atoms in total. The van der Waals surface area contributed by atoms with Gasteiger partial charge < -0.3 is 15.7 Å². The Bertz CT molecular complexity index is 365. The molecule has 0 amide bonds. The number of hydrogen-bond donors (Lipinski definition) is 2. The molecule has 1 aromatic rings. The van der Waals surface area contributed by atoms with Crippen molar-refractivity contribution >= 4 is 5.69 Å². The minimum absolute atomic E-state index is 0.292. The lowest BCUT2D eigenvalue weighted by molar-refractivity contribution is 0.238. The Balaban J connectivity index is 2.22. The fourth-order valence-electron chi connectivity index (χ4n) is 2.34. The van der Waals surface area contributed by atoms with Crippen LogP contribution >= 0.6 is 0 Å². The summed E-state index contributed by atoms with van der Waals surface area (Å²) in [6, 6.07) is 6.41. The van der Waals surface area contributed by atoms with Crippen molar-refractivity contribution in [1.29, 1.82) is 0 Å². The molecule has 0 radical (unpaired) electrons. The van der Waals surface area contributed by atoms with Gasteiger partial charge in [-0.1, -0.05) is 12.1 Å². The standard InChI is InChI=1S/C13H20N2O/c1-10-2-3-12(7-14)13(6-10)15-5-4-11(8-15)9-16/h2-3,6,11,16H,4-5,7-9,14H2,1H3. The summed E-state index contributed by atoms with van der Waals surface area (Å²) in [6.45, 7) is 4.95. The van der Waals surface area contributed by atoms with E-state index in [-0.39, 0.29) is 0 Å². The average Bonchev–Trinajstić information content (AvgIpc) is 2.77. The van der Waals surface area contributed by atoms with Crippen molar-refractivity contribution in [1.82, 2.24) is 0 Å². The van der Waals surface area contributed by atoms with E-state index in [1.54, 1.807) is 0 Å². The molecule has 1 aliphatic heterocycles. The van der Waals surface area contributed by atoms with E-state index in [9.17, 15) is 0 Å². The molecule has 0 saturated carbocycles. The number of benzene rings is 1. The summed E-state index contributed by atoms with van der Waals surface area (Å²) in [7, 11) is 0. The first kappa shape index (κ1) is 11.4. The van der Waals surface area contributed by atoms with Crippen LogP contribution < -0.4 is 10.6 Å². The molecule has 0 bridgehead atoms. The van der Waals surface area contributed by atoms with Crippen LogP contribution in [0.4, 0.5) is 5.69 Å². The Morgan fingerprint density at radius 2 is 2.31 bits per heavy atom. The smallest absolute Gasteiger partial charge is 0.0476 e. The van der Waals surface area contributed by atoms with E-state index in [1.165, 1.54) is 16.8 Å². The molecule has 1 heterocycles. The number of nitrogens with two attached hydrogens (primary N) is 1. The summed E-state index contributed by atoms with van der Waals surface area (Å²) < 4.78 is 0. The van der Waals surface area contributed by atoms with Gasteiger partial charge in [-0.2, -0.15) is 0 Å². The maximum absolute atomic E-state index is 9.16. The van der Waals surface area contributed by atoms with Gasteiger partial charge >= 0.3 is 0 Å². The quantitative estimate of drug-likeness (QED) is 0.806. The number of aliphatic hydroxyl groups excluding tert-OH is 1. The molecular weight excluding hydrogens is 200 g/mol. The van der Waals surface area contributed by atoms with Crippen LogP contribution in [0.3, 0.4) is 0 Å². The van der Waals surface area contributed by atoms with Crippen molar-refractivity contribution in [3.8, 4) is 0 Å². The molecule has 3 heteroatoms. The van der Waals surface area contributed by atoms with Gasteiger partial charge in [-0.05, 0) is 30.5 Å². The van der Waals surface area contributed by atoms with Crippen molar-refractivity contribution < 1.29 is 5.11 Å². The average molecular weight is 220 g/mol. The third-order valence-corrected chi connectivity index (χ3v) is 3.35. The first-order valence-corrected chi connectivity index (χ1v) is 5.90. The number of nitrogens with zero attached hydrogens (tertiary/aromatic N) is 1. The van der Waals surface area contributed by atoms with Crippen LogP contribution in [0.2, 0.25) is 0 Å². The van der Waals surface area contributed by atoms with Crippen LogP contribution in [0, 0.1) is 12.8 Å². The van der Waals surface area contributed by atoms with E-state index in [0.29, 0.717) is 19.1 Å². The van der Waals surface area contributed by atoms with Gasteiger partial charge in [0.05, 0.1) is 0 Å². The van der Waals surface area contributed by atoms with Crippen molar-refractivity contribution in [3.05, 3.63) is 29.3 Å². The number of aryl methyl sites for hydroxylation is 1. The largest absolute Gasteiger partial charge is 0.396 e. The fraction of sp³-hybridized carbons (Fsp3) is 0.538. The van der Waals surface area contributed by atoms with Crippen molar-refractivity contribution in [2.45, 2.75) is 19.9 Å². The molecule has 3 N–H and O–H groups in total. The second-order valence-electron chi connectivity index (χ2n) is 4.62. The van der Waals surface area contributed by atoms with Gasteiger partial charge in [0, 0.05) is 37.8 Å². The Hall–Kier alpha value is -1.06. The van der Waals surface area contributed by atoms with Gasteiger partial charge in [0.1, 0.15) is 0 Å². The first-order chi connectivity index (χ1) is 7.74. The molecule has 0 aromatic heterocycles. The molecule has 88 valence electrons. The Morgan fingerprint density at radius 1 is 1.50 bits per heavy atom. The number of aliphatic hydroxyl groups is 1. The zero-order chi connectivity index (χ0) is 11.5. The van der Waals surface area contributed by atoms with E-state index in [1.807, 2.05) is 0 Å². The molecule has 1 fully saturated rings. The molecule has 1 saturated heterocycles. The maximum Gasteiger partial charge on any atom is 0.0476 e. The molecule has 2 rings (SSSR count). The SMILES string of the molecule is Cc1ccc(CN)c(N2CCC(CO)C2)c1. The molecule has 0 aliphatic carbocycles. The Kier molecular flexibility index (Phi) is 3.46. The highest BCUT2D eigenvalue weighted by atomic mass is 16.3. The Labute approximate surface area is 96.9 Å². The van der Waals surface area contributed by atoms with Crippen LogP contribution in [-0.2, 0) is 6.54 Å². The highest BCUT2D eigenvalue weighted by Gasteiger charge is 2.23. The predicted molar refractivity (Wildman–Crippen MR) is 66.5 cm³/mol. The third kappa shape index (κ3) is 2.20. The molecule has 1 unspecified atom stereocenters. The van der Waals surface area contributed by atoms with Gasteiger partial charge in [-0.25, -0.2) is 0 Å². The van der Waals surface area contributed by atoms with Gasteiger partial charge in [-0.3, -0.25) is 0 Å². The van der Waals surface area contributed by atoms with Crippen LogP contribution in [-0.4, -0.2) is 24.8 Å². The number of anilines is 1. The zero-order valence-corrected chi connectivity index (χ0v) is 9.82. The lowest BCUT2D eigenvalue weighted by Crippen LogP contribution is -2.22. The van der Waals surface area contributed by atoms with Gasteiger partial charge in [-0.15, -0.1) is 0 Å². The van der Waals surface area contributed by atoms with Crippen LogP contribution in [0.5, 0.6) is 0 Å². The highest BCUT2D eigenvalue weighted by Crippen LogP contribution is 2.27. The minimum atomic E-state index is 0.292. The third-order valence-electron chi connectivity index (χ3n) is 3.35. The molecule has 1 aromatic carbocycles. The van der Waals surface area contributed by atoms with Crippen molar-refractivity contribution in [3.63, 3.8) is 0 Å². The lowest BCUT2D eigenvalue weighted by atomic mass is 10.1. The van der Waals surface area contributed by atoms with E-state index in [4.69, 9.17) is 10.8 Å². The second-order valence-corrected chi connectivity index (χ2v) is 4.62. The van der Waals surface area contributed by atoms with Crippen LogP contribution in [0.25, 0.3) is 0 Å². The topological polar surface area (TPSA) is 49.5 Å². The molecule has 1 aliphatic rings. The fourth-order valence-corrected chi connectivity index (χ4v) is 2.34. The summed E-state index contributed by atoms with van der Waals surface area (Å²) >= 11 is 0. The molecule has 1 atom stereocenters. The van der Waals surface area contributed by atoms with Crippen LogP contribution in [0.1, 0.15) is 17.5 Å². The van der Waals surface area contributed by atoms with E-state index < -0.39 is 0 Å². The van der Waals surface area contributed by atoms with Crippen molar-refractivity contribution in [2.75, 3.05) is 24.6 Å². The normalized spacial score (nSPS) is 20.4. The summed E-state index contributed by atoms with van der Waals surface area (Å²) in [5.41, 5.74) is 9.47. The number of hydrogen-bond acceptors (Lipinski definition) is 3. The van der Waals surface area contributed by atoms with Crippen molar-refractivity contribution in [2.24, 2.45) is 11.7 Å². The Morgan fingerprint density at radius 3 is 2.94 bits per heavy atom. The van der Waals surface area contributed by atoms with E-state index in [0.717, 1.165) is 19.5 Å². The second kappa shape index (κ2) is 4.85. The van der Waals surface area contributed by atoms with Gasteiger partial charge in [0.2, 0.25) is 0 Å². The summed E-state index contributed by atoms with van der Waals surface area (Å²) in [4.78, 5) is 2.34. The summed E-state index contributed by atoms with van der Waals surface area (Å²) in [6.07, 6.45) is 1.08. The van der Waals surface area contributed by atoms with Gasteiger partial charge in [0.25, 0.3) is 0 Å². The predicted octanol–water partition coefficient (Wildman–Crippen LogP) is 1.27. The minimum Gasteiger partial charge on any atom is -0.396 e. The molecular formula is C13H20N2O. The van der Waals surface area contributed by atoms with Gasteiger partial charge in [0.15, 0.2) is 0 Å². The van der Waals surface area contributed by atoms with E-state index in [2.05, 4.69) is 30.0 Å². The summed E-state index contributed by atoms with van der Waals surface area (Å²) in [5.74, 6) is 0.422. The monoisotopic (exact) mass is 220 g/mol. The zero-order valence-electron chi connectivity index (χ0n) is 9.82. The summed E-state index contributed by atoms with van der Waals surface area (Å²) in [5, 5.41) is 9.16. The maximum atomic E-state index is 9.16. The first-order valence-electron chi connectivity index (χ1n) is 5.90. The molecule has 16 heavy (non-hydrogen) atoms. The highest BCUT2D eigenvalue weighted by molar-refractivity contribution is 5.56. The lowest BCUT2D eigenvalue weighted by Gasteiger charge is -2.22.